The first kappa shape index (κ1) is 24.9. The zero-order chi connectivity index (χ0) is 24.5. The van der Waals surface area contributed by atoms with Gasteiger partial charge >= 0.3 is 0 Å². The molecule has 0 radical (unpaired) electrons. The van der Waals surface area contributed by atoms with E-state index in [1.54, 1.807) is 41.3 Å². The molecular formula is C27H35F3N2O2. The average Bonchev–Trinajstić information content (AvgIpc) is 2.74. The summed E-state index contributed by atoms with van der Waals surface area (Å²) in [6.07, 6.45) is -1.14. The molecule has 1 atom stereocenters. The molecule has 7 heteroatoms. The lowest BCUT2D eigenvalue weighted by molar-refractivity contribution is -0.0581. The van der Waals surface area contributed by atoms with Crippen LogP contribution in [0.25, 0.3) is 0 Å². The number of phenols is 1. The zero-order valence-electron chi connectivity index (χ0n) is 20.2. The maximum absolute atomic E-state index is 15.1. The van der Waals surface area contributed by atoms with Gasteiger partial charge in [-0.05, 0) is 67.1 Å². The van der Waals surface area contributed by atoms with Gasteiger partial charge in [-0.2, -0.15) is 0 Å². The molecule has 0 unspecified atom stereocenters. The Balaban J connectivity index is 1.61. The number of benzene rings is 2. The minimum absolute atomic E-state index is 0.0393. The number of likely N-dealkylation sites (tertiary alicyclic amines) is 1. The summed E-state index contributed by atoms with van der Waals surface area (Å²) in [6, 6.07) is 11.3. The minimum Gasteiger partial charge on any atom is -0.508 e. The third-order valence-electron chi connectivity index (χ3n) is 7.11. The number of fused-ring (bicyclic) bond motifs is 1. The summed E-state index contributed by atoms with van der Waals surface area (Å²) in [7, 11) is 0. The van der Waals surface area contributed by atoms with Gasteiger partial charge in [0.2, 0.25) is 0 Å². The van der Waals surface area contributed by atoms with E-state index in [-0.39, 0.29) is 18.8 Å². The largest absolute Gasteiger partial charge is 0.508 e. The third-order valence-corrected chi connectivity index (χ3v) is 7.11. The first-order valence-corrected chi connectivity index (χ1v) is 12.1. The summed E-state index contributed by atoms with van der Waals surface area (Å²) in [6.45, 7) is 8.74. The van der Waals surface area contributed by atoms with Crippen molar-refractivity contribution in [2.24, 2.45) is 5.92 Å². The molecule has 2 aromatic rings. The van der Waals surface area contributed by atoms with Crippen LogP contribution in [0.4, 0.5) is 13.2 Å². The average molecular weight is 477 g/mol. The van der Waals surface area contributed by atoms with E-state index in [2.05, 4.69) is 11.8 Å². The van der Waals surface area contributed by atoms with E-state index >= 15 is 8.78 Å². The van der Waals surface area contributed by atoms with Gasteiger partial charge in [-0.15, -0.1) is 0 Å². The van der Waals surface area contributed by atoms with Gasteiger partial charge in [0, 0.05) is 32.7 Å². The Hall–Kier alpha value is -2.25. The van der Waals surface area contributed by atoms with E-state index in [0.29, 0.717) is 35.5 Å². The molecule has 1 saturated heterocycles. The standard InChI is InChI=1S/C27H35F3N2O2/c1-4-19-16-31(17-19)13-14-34-23-8-5-21(6-9-23)27(25(28)29)24-10-7-22(33)15-20(24)11-12-32(27)18-26(2,3)30/h5-10,15,19,25,33H,4,11-14,16-18H2,1-3H3/t27-/m1/s1. The second-order valence-corrected chi connectivity index (χ2v) is 10.2. The number of hydrogen-bond acceptors (Lipinski definition) is 4. The van der Waals surface area contributed by atoms with E-state index in [4.69, 9.17) is 4.74 Å². The van der Waals surface area contributed by atoms with Gasteiger partial charge in [0.05, 0.1) is 0 Å². The lowest BCUT2D eigenvalue weighted by Gasteiger charge is -2.49. The number of ether oxygens (including phenoxy) is 1. The summed E-state index contributed by atoms with van der Waals surface area (Å²) in [5.74, 6) is 1.44. The van der Waals surface area contributed by atoms with Crippen LogP contribution in [0.15, 0.2) is 42.5 Å². The predicted molar refractivity (Wildman–Crippen MR) is 128 cm³/mol. The van der Waals surface area contributed by atoms with E-state index in [1.165, 1.54) is 26.3 Å². The second kappa shape index (κ2) is 9.78. The van der Waals surface area contributed by atoms with E-state index in [0.717, 1.165) is 25.6 Å². The molecule has 186 valence electrons. The zero-order valence-corrected chi connectivity index (χ0v) is 20.2. The molecule has 4 rings (SSSR count). The maximum Gasteiger partial charge on any atom is 0.265 e. The Bertz CT molecular complexity index is 971. The van der Waals surface area contributed by atoms with Crippen molar-refractivity contribution in [2.45, 2.75) is 51.2 Å². The van der Waals surface area contributed by atoms with Crippen LogP contribution in [0.2, 0.25) is 0 Å². The van der Waals surface area contributed by atoms with Crippen LogP contribution in [0.3, 0.4) is 0 Å². The Kier molecular flexibility index (Phi) is 7.15. The second-order valence-electron chi connectivity index (χ2n) is 10.2. The van der Waals surface area contributed by atoms with Gasteiger partial charge in [0.15, 0.2) is 0 Å². The van der Waals surface area contributed by atoms with Crippen molar-refractivity contribution in [2.75, 3.05) is 39.3 Å². The lowest BCUT2D eigenvalue weighted by Crippen LogP contribution is -2.58. The van der Waals surface area contributed by atoms with Crippen LogP contribution in [0, 0.1) is 5.92 Å². The van der Waals surface area contributed by atoms with E-state index in [1.807, 2.05) is 0 Å². The monoisotopic (exact) mass is 476 g/mol. The Morgan fingerprint density at radius 1 is 1.15 bits per heavy atom. The summed E-state index contributed by atoms with van der Waals surface area (Å²) >= 11 is 0. The summed E-state index contributed by atoms with van der Waals surface area (Å²) in [5, 5.41) is 9.95. The fourth-order valence-electron chi connectivity index (χ4n) is 5.35. The fourth-order valence-corrected chi connectivity index (χ4v) is 5.35. The van der Waals surface area contributed by atoms with Crippen molar-refractivity contribution in [1.82, 2.24) is 9.80 Å². The molecule has 0 saturated carbocycles. The van der Waals surface area contributed by atoms with Gasteiger partial charge in [-0.1, -0.05) is 31.5 Å². The first-order valence-electron chi connectivity index (χ1n) is 12.1. The van der Waals surface area contributed by atoms with Crippen LogP contribution in [0.1, 0.15) is 43.9 Å². The Morgan fingerprint density at radius 3 is 2.47 bits per heavy atom. The molecule has 4 nitrogen and oxygen atoms in total. The fraction of sp³-hybridized carbons (Fsp3) is 0.556. The van der Waals surface area contributed by atoms with Gasteiger partial charge in [-0.25, -0.2) is 13.2 Å². The highest BCUT2D eigenvalue weighted by molar-refractivity contribution is 5.49. The number of aromatic hydroxyl groups is 1. The van der Waals surface area contributed by atoms with Crippen LogP contribution in [0.5, 0.6) is 11.5 Å². The van der Waals surface area contributed by atoms with Crippen LogP contribution >= 0.6 is 0 Å². The molecule has 2 aliphatic rings. The molecule has 2 heterocycles. The predicted octanol–water partition coefficient (Wildman–Crippen LogP) is 5.23. The molecule has 1 N–H and O–H groups in total. The topological polar surface area (TPSA) is 35.9 Å². The van der Waals surface area contributed by atoms with Crippen molar-refractivity contribution in [3.05, 3.63) is 59.2 Å². The van der Waals surface area contributed by atoms with Gasteiger partial charge in [0.25, 0.3) is 6.43 Å². The molecular weight excluding hydrogens is 441 g/mol. The number of halogens is 3. The quantitative estimate of drug-likeness (QED) is 0.538. The van der Waals surface area contributed by atoms with Gasteiger partial charge < -0.3 is 9.84 Å². The minimum atomic E-state index is -2.80. The summed E-state index contributed by atoms with van der Waals surface area (Å²) < 4.78 is 50.8. The normalized spacial score (nSPS) is 22.0. The molecule has 0 aromatic heterocycles. The van der Waals surface area contributed by atoms with Crippen LogP contribution in [-0.2, 0) is 12.0 Å². The van der Waals surface area contributed by atoms with Crippen LogP contribution < -0.4 is 4.74 Å². The first-order chi connectivity index (χ1) is 16.1. The maximum atomic E-state index is 15.1. The van der Waals surface area contributed by atoms with Gasteiger partial charge in [0.1, 0.15) is 29.3 Å². The molecule has 0 spiro atoms. The number of hydrogen-bond donors (Lipinski definition) is 1. The highest BCUT2D eigenvalue weighted by Crippen LogP contribution is 2.47. The summed E-state index contributed by atoms with van der Waals surface area (Å²) in [5.41, 5.74) is -2.00. The molecule has 1 fully saturated rings. The van der Waals surface area contributed by atoms with E-state index < -0.39 is 17.6 Å². The Morgan fingerprint density at radius 2 is 1.85 bits per heavy atom. The van der Waals surface area contributed by atoms with Crippen molar-refractivity contribution in [3.63, 3.8) is 0 Å². The molecule has 34 heavy (non-hydrogen) atoms. The SMILES string of the molecule is CCC1CN(CCOc2ccc([C@]3(C(F)F)c4ccc(O)cc4CCN3CC(C)(C)F)cc2)C1. The molecule has 0 bridgehead atoms. The number of nitrogens with zero attached hydrogens (tertiary/aromatic N) is 2. The van der Waals surface area contributed by atoms with Crippen LogP contribution in [-0.4, -0.2) is 66.3 Å². The lowest BCUT2D eigenvalue weighted by atomic mass is 9.75. The Labute approximate surface area is 200 Å². The molecule has 0 aliphatic carbocycles. The van der Waals surface area contributed by atoms with Crippen molar-refractivity contribution >= 4 is 0 Å². The molecule has 0 amide bonds. The van der Waals surface area contributed by atoms with Crippen molar-refractivity contribution < 1.29 is 23.0 Å². The highest BCUT2D eigenvalue weighted by Gasteiger charge is 2.52. The summed E-state index contributed by atoms with van der Waals surface area (Å²) in [4.78, 5) is 3.90. The third kappa shape index (κ3) is 4.91. The molecule has 2 aromatic carbocycles. The smallest absolute Gasteiger partial charge is 0.265 e. The molecule has 2 aliphatic heterocycles. The number of rotatable bonds is 9. The number of alkyl halides is 3. The van der Waals surface area contributed by atoms with Crippen molar-refractivity contribution in [3.8, 4) is 11.5 Å². The number of phenolic OH excluding ortho intramolecular Hbond substituents is 1. The van der Waals surface area contributed by atoms with Crippen molar-refractivity contribution in [1.29, 1.82) is 0 Å². The highest BCUT2D eigenvalue weighted by atomic mass is 19.3. The van der Waals surface area contributed by atoms with E-state index in [9.17, 15) is 9.50 Å². The van der Waals surface area contributed by atoms with Gasteiger partial charge in [-0.3, -0.25) is 9.80 Å².